The minimum Gasteiger partial charge on any atom is -0.482 e. The topological polar surface area (TPSA) is 55.6 Å². The number of nitrogens with two attached hydrogens (primary N) is 1. The molecule has 2 rings (SSSR count). The maximum atomic E-state index is 12.9. The summed E-state index contributed by atoms with van der Waals surface area (Å²) in [6.45, 7) is 3.14. The van der Waals surface area contributed by atoms with E-state index in [0.29, 0.717) is 24.8 Å². The highest BCUT2D eigenvalue weighted by Gasteiger charge is 2.31. The summed E-state index contributed by atoms with van der Waals surface area (Å²) in [4.78, 5) is 13.9. The van der Waals surface area contributed by atoms with Crippen LogP contribution in [-0.2, 0) is 4.79 Å². The molecule has 7 heteroatoms. The molecule has 2 unspecified atom stereocenters. The number of carbonyl (C=O) groups is 1. The second kappa shape index (κ2) is 7.82. The van der Waals surface area contributed by atoms with Gasteiger partial charge in [-0.2, -0.15) is 0 Å². The van der Waals surface area contributed by atoms with Gasteiger partial charge in [-0.15, -0.1) is 12.4 Å². The molecule has 118 valence electrons. The van der Waals surface area contributed by atoms with Gasteiger partial charge in [0.05, 0.1) is 5.02 Å². The molecule has 1 amide bonds. The first kappa shape index (κ1) is 18.0. The van der Waals surface area contributed by atoms with Gasteiger partial charge in [-0.25, -0.2) is 4.39 Å². The van der Waals surface area contributed by atoms with E-state index in [1.165, 1.54) is 12.1 Å². The Balaban J connectivity index is 0.00000220. The summed E-state index contributed by atoms with van der Waals surface area (Å²) in [6, 6.07) is 3.99. The Labute approximate surface area is 134 Å². The van der Waals surface area contributed by atoms with Gasteiger partial charge in [0.1, 0.15) is 11.6 Å². The van der Waals surface area contributed by atoms with Crippen LogP contribution < -0.4 is 10.5 Å². The second-order valence-corrected chi connectivity index (χ2v) is 5.50. The zero-order valence-corrected chi connectivity index (χ0v) is 13.3. The van der Waals surface area contributed by atoms with Crippen LogP contribution in [-0.4, -0.2) is 36.5 Å². The van der Waals surface area contributed by atoms with Crippen molar-refractivity contribution in [3.8, 4) is 5.75 Å². The summed E-state index contributed by atoms with van der Waals surface area (Å²) in [7, 11) is 0. The van der Waals surface area contributed by atoms with Crippen molar-refractivity contribution in [2.75, 3.05) is 19.7 Å². The normalized spacial score (nSPS) is 21.0. The van der Waals surface area contributed by atoms with Crippen LogP contribution in [0.15, 0.2) is 18.2 Å². The van der Waals surface area contributed by atoms with Gasteiger partial charge in [0.25, 0.3) is 5.91 Å². The smallest absolute Gasteiger partial charge is 0.260 e. The summed E-state index contributed by atoms with van der Waals surface area (Å²) in [5.41, 5.74) is 5.64. The van der Waals surface area contributed by atoms with Crippen molar-refractivity contribution >= 4 is 29.9 Å². The van der Waals surface area contributed by atoms with E-state index in [2.05, 4.69) is 0 Å². The number of hydrogen-bond acceptors (Lipinski definition) is 3. The number of nitrogens with zero attached hydrogens (tertiary/aromatic N) is 1. The van der Waals surface area contributed by atoms with E-state index >= 15 is 0 Å². The first-order valence-electron chi connectivity index (χ1n) is 6.58. The second-order valence-electron chi connectivity index (χ2n) is 5.10. The van der Waals surface area contributed by atoms with Gasteiger partial charge in [0, 0.05) is 12.6 Å². The minimum atomic E-state index is -0.437. The van der Waals surface area contributed by atoms with Crippen LogP contribution in [0, 0.1) is 11.7 Å². The zero-order valence-electron chi connectivity index (χ0n) is 11.7. The number of benzene rings is 1. The van der Waals surface area contributed by atoms with Crippen molar-refractivity contribution < 1.29 is 13.9 Å². The predicted molar refractivity (Wildman–Crippen MR) is 82.5 cm³/mol. The number of hydrogen-bond donors (Lipinski definition) is 1. The molecule has 1 aromatic carbocycles. The predicted octanol–water partition coefficient (Wildman–Crippen LogP) is 2.48. The van der Waals surface area contributed by atoms with Crippen molar-refractivity contribution in [3.63, 3.8) is 0 Å². The summed E-state index contributed by atoms with van der Waals surface area (Å²) in [5, 5.41) is 0.159. The molecule has 1 heterocycles. The highest BCUT2D eigenvalue weighted by Crippen LogP contribution is 2.26. The zero-order chi connectivity index (χ0) is 14.7. The van der Waals surface area contributed by atoms with Crippen molar-refractivity contribution in [2.24, 2.45) is 11.7 Å². The molecule has 21 heavy (non-hydrogen) atoms. The Morgan fingerprint density at radius 1 is 1.57 bits per heavy atom. The molecule has 1 aliphatic rings. The monoisotopic (exact) mass is 336 g/mol. The van der Waals surface area contributed by atoms with E-state index in [9.17, 15) is 9.18 Å². The van der Waals surface area contributed by atoms with Gasteiger partial charge in [-0.3, -0.25) is 4.79 Å². The van der Waals surface area contributed by atoms with Crippen molar-refractivity contribution in [1.82, 2.24) is 4.90 Å². The molecular weight excluding hydrogens is 318 g/mol. The third-order valence-corrected chi connectivity index (χ3v) is 3.86. The lowest BCUT2D eigenvalue weighted by atomic mass is 10.1. The number of carbonyl (C=O) groups excluding carboxylic acids is 1. The summed E-state index contributed by atoms with van der Waals surface area (Å²) < 4.78 is 18.3. The van der Waals surface area contributed by atoms with E-state index in [4.69, 9.17) is 22.1 Å². The molecule has 1 aliphatic heterocycles. The van der Waals surface area contributed by atoms with Gasteiger partial charge in [-0.1, -0.05) is 11.6 Å². The molecule has 0 aliphatic carbocycles. The minimum absolute atomic E-state index is 0. The third kappa shape index (κ3) is 4.46. The van der Waals surface area contributed by atoms with Crippen LogP contribution in [0.25, 0.3) is 0 Å². The average molecular weight is 337 g/mol. The summed E-state index contributed by atoms with van der Waals surface area (Å²) >= 11 is 5.84. The standard InChI is InChI=1S/C14H18ClFN2O2.ClH/c1-9-4-10(6-17)7-18(9)14(19)8-20-13-3-2-11(16)5-12(13)15;/h2-3,5,9-10H,4,6-8,17H2,1H3;1H. The van der Waals surface area contributed by atoms with Crippen LogP contribution in [0.1, 0.15) is 13.3 Å². The first-order valence-corrected chi connectivity index (χ1v) is 6.96. The Morgan fingerprint density at radius 2 is 2.29 bits per heavy atom. The molecule has 0 bridgehead atoms. The van der Waals surface area contributed by atoms with Gasteiger partial charge >= 0.3 is 0 Å². The molecule has 4 nitrogen and oxygen atoms in total. The molecule has 2 atom stereocenters. The van der Waals surface area contributed by atoms with E-state index in [1.54, 1.807) is 4.90 Å². The highest BCUT2D eigenvalue weighted by atomic mass is 35.5. The maximum absolute atomic E-state index is 12.9. The third-order valence-electron chi connectivity index (χ3n) is 3.56. The van der Waals surface area contributed by atoms with Gasteiger partial charge in [0.2, 0.25) is 0 Å². The molecule has 0 spiro atoms. The number of amides is 1. The van der Waals surface area contributed by atoms with E-state index in [1.807, 2.05) is 6.92 Å². The number of likely N-dealkylation sites (tertiary alicyclic amines) is 1. The molecule has 0 aromatic heterocycles. The lowest BCUT2D eigenvalue weighted by Crippen LogP contribution is -2.37. The number of ether oxygens (including phenoxy) is 1. The van der Waals surface area contributed by atoms with Crippen LogP contribution >= 0.6 is 24.0 Å². The fourth-order valence-electron chi connectivity index (χ4n) is 2.48. The Kier molecular flexibility index (Phi) is 6.71. The molecule has 0 radical (unpaired) electrons. The highest BCUT2D eigenvalue weighted by molar-refractivity contribution is 6.32. The van der Waals surface area contributed by atoms with E-state index < -0.39 is 5.82 Å². The quantitative estimate of drug-likeness (QED) is 0.918. The maximum Gasteiger partial charge on any atom is 0.260 e. The molecule has 1 saturated heterocycles. The van der Waals surface area contributed by atoms with Crippen molar-refractivity contribution in [1.29, 1.82) is 0 Å². The fraction of sp³-hybridized carbons (Fsp3) is 0.500. The van der Waals surface area contributed by atoms with Crippen LogP contribution in [0.4, 0.5) is 4.39 Å². The van der Waals surface area contributed by atoms with Crippen LogP contribution in [0.2, 0.25) is 5.02 Å². The summed E-state index contributed by atoms with van der Waals surface area (Å²) in [6.07, 6.45) is 0.916. The van der Waals surface area contributed by atoms with E-state index in [-0.39, 0.29) is 36.0 Å². The summed E-state index contributed by atoms with van der Waals surface area (Å²) in [5.74, 6) is 0.119. The van der Waals surface area contributed by atoms with Gasteiger partial charge in [-0.05, 0) is 44.0 Å². The van der Waals surface area contributed by atoms with Crippen LogP contribution in [0.5, 0.6) is 5.75 Å². The largest absolute Gasteiger partial charge is 0.482 e. The Hall–Kier alpha value is -1.04. The van der Waals surface area contributed by atoms with E-state index in [0.717, 1.165) is 12.5 Å². The fourth-order valence-corrected chi connectivity index (χ4v) is 2.70. The van der Waals surface area contributed by atoms with Crippen molar-refractivity contribution in [2.45, 2.75) is 19.4 Å². The average Bonchev–Trinajstić information content (AvgIpc) is 2.79. The SMILES string of the molecule is CC1CC(CN)CN1C(=O)COc1ccc(F)cc1Cl.Cl. The van der Waals surface area contributed by atoms with Crippen molar-refractivity contribution in [3.05, 3.63) is 29.0 Å². The Bertz CT molecular complexity index is 502. The van der Waals surface area contributed by atoms with Crippen LogP contribution in [0.3, 0.4) is 0 Å². The molecule has 0 saturated carbocycles. The lowest BCUT2D eigenvalue weighted by Gasteiger charge is -2.21. The molecule has 1 aromatic rings. The van der Waals surface area contributed by atoms with Gasteiger partial charge < -0.3 is 15.4 Å². The molecule has 2 N–H and O–H groups in total. The molecular formula is C14H19Cl2FN2O2. The lowest BCUT2D eigenvalue weighted by molar-refractivity contribution is -0.134. The first-order chi connectivity index (χ1) is 9.51. The van der Waals surface area contributed by atoms with Gasteiger partial charge in [0.15, 0.2) is 6.61 Å². The number of halogens is 3. The Morgan fingerprint density at radius 3 is 2.86 bits per heavy atom. The number of rotatable bonds is 4. The molecule has 1 fully saturated rings.